The minimum absolute atomic E-state index is 0.174. The van der Waals surface area contributed by atoms with Gasteiger partial charge >= 0.3 is 0 Å². The molecule has 1 aliphatic heterocycles. The van der Waals surface area contributed by atoms with Crippen molar-refractivity contribution in [1.82, 2.24) is 9.80 Å². The first kappa shape index (κ1) is 18.2. The number of carbonyl (C=O) groups excluding carboxylic acids is 1. The molecule has 1 N–H and O–H groups in total. The van der Waals surface area contributed by atoms with E-state index in [0.29, 0.717) is 12.5 Å². The predicted octanol–water partition coefficient (Wildman–Crippen LogP) is 2.08. The molecule has 25 heavy (non-hydrogen) atoms. The number of hydrogen-bond donors (Lipinski definition) is 1. The largest absolute Gasteiger partial charge is 0.497 e. The fourth-order valence-electron chi connectivity index (χ4n) is 4.04. The van der Waals surface area contributed by atoms with Crippen LogP contribution < -0.4 is 4.74 Å². The summed E-state index contributed by atoms with van der Waals surface area (Å²) < 4.78 is 5.16. The maximum Gasteiger partial charge on any atom is 0.222 e. The van der Waals surface area contributed by atoms with Crippen LogP contribution in [0.1, 0.15) is 37.7 Å². The molecule has 5 nitrogen and oxygen atoms in total. The van der Waals surface area contributed by atoms with E-state index >= 15 is 0 Å². The number of aliphatic hydroxyl groups is 1. The lowest BCUT2D eigenvalue weighted by Crippen LogP contribution is -2.53. The molecule has 0 spiro atoms. The highest BCUT2D eigenvalue weighted by Gasteiger charge is 2.33. The molecule has 1 amide bonds. The summed E-state index contributed by atoms with van der Waals surface area (Å²) in [6.07, 6.45) is 5.38. The summed E-state index contributed by atoms with van der Waals surface area (Å²) in [7, 11) is 1.67. The number of nitrogens with zero attached hydrogens (tertiary/aromatic N) is 2. The Morgan fingerprint density at radius 2 is 1.88 bits per heavy atom. The molecule has 2 aliphatic rings. The van der Waals surface area contributed by atoms with Crippen LogP contribution >= 0.6 is 0 Å². The van der Waals surface area contributed by atoms with Crippen LogP contribution in [-0.2, 0) is 11.2 Å². The highest BCUT2D eigenvalue weighted by molar-refractivity contribution is 5.76. The Bertz CT molecular complexity index is 553. The van der Waals surface area contributed by atoms with Crippen LogP contribution in [0.4, 0.5) is 0 Å². The van der Waals surface area contributed by atoms with Crippen LogP contribution in [0.3, 0.4) is 0 Å². The molecule has 1 aromatic rings. The molecule has 1 saturated heterocycles. The second-order valence-electron chi connectivity index (χ2n) is 7.18. The average Bonchev–Trinajstić information content (AvgIpc) is 3.08. The molecule has 138 valence electrons. The molecular formula is C20H30N2O3. The average molecular weight is 346 g/mol. The van der Waals surface area contributed by atoms with Gasteiger partial charge in [-0.25, -0.2) is 0 Å². The smallest absolute Gasteiger partial charge is 0.222 e. The quantitative estimate of drug-likeness (QED) is 0.857. The molecule has 1 heterocycles. The molecule has 1 saturated carbocycles. The number of benzene rings is 1. The van der Waals surface area contributed by atoms with Gasteiger partial charge in [-0.15, -0.1) is 0 Å². The van der Waals surface area contributed by atoms with Crippen molar-refractivity contribution in [2.45, 2.75) is 50.7 Å². The Balaban J connectivity index is 1.37. The maximum atomic E-state index is 12.4. The van der Waals surface area contributed by atoms with E-state index in [4.69, 9.17) is 4.74 Å². The molecule has 2 fully saturated rings. The van der Waals surface area contributed by atoms with Gasteiger partial charge in [0.15, 0.2) is 0 Å². The van der Waals surface area contributed by atoms with E-state index in [1.165, 1.54) is 5.56 Å². The minimum atomic E-state index is -0.174. The molecule has 2 atom stereocenters. The number of amides is 1. The van der Waals surface area contributed by atoms with Crippen molar-refractivity contribution in [2.24, 2.45) is 0 Å². The summed E-state index contributed by atoms with van der Waals surface area (Å²) >= 11 is 0. The number of methoxy groups -OCH3 is 1. The molecule has 5 heteroatoms. The van der Waals surface area contributed by atoms with Gasteiger partial charge in [0.2, 0.25) is 5.91 Å². The van der Waals surface area contributed by atoms with Crippen LogP contribution in [0.15, 0.2) is 24.3 Å². The van der Waals surface area contributed by atoms with Crippen LogP contribution in [0, 0.1) is 0 Å². The SMILES string of the molecule is COc1ccc(CCCC(=O)N2CCN([C@H]3CCC[C@@H]3O)CC2)cc1. The molecule has 1 aliphatic carbocycles. The van der Waals surface area contributed by atoms with Gasteiger partial charge in [-0.1, -0.05) is 12.1 Å². The van der Waals surface area contributed by atoms with Crippen LogP contribution in [-0.4, -0.2) is 66.2 Å². The monoisotopic (exact) mass is 346 g/mol. The van der Waals surface area contributed by atoms with E-state index in [-0.39, 0.29) is 12.0 Å². The van der Waals surface area contributed by atoms with Crippen molar-refractivity contribution in [3.63, 3.8) is 0 Å². The Kier molecular flexibility index (Phi) is 6.32. The lowest BCUT2D eigenvalue weighted by atomic mass is 10.1. The third-order valence-corrected chi connectivity index (χ3v) is 5.60. The number of rotatable bonds is 6. The number of carbonyl (C=O) groups is 1. The molecule has 0 unspecified atom stereocenters. The van der Waals surface area contributed by atoms with Crippen molar-refractivity contribution in [2.75, 3.05) is 33.3 Å². The first-order valence-corrected chi connectivity index (χ1v) is 9.50. The normalized spacial score (nSPS) is 24.5. The first-order valence-electron chi connectivity index (χ1n) is 9.50. The number of ether oxygens (including phenoxy) is 1. The van der Waals surface area contributed by atoms with Gasteiger partial charge in [-0.05, 0) is 49.8 Å². The van der Waals surface area contributed by atoms with Crippen LogP contribution in [0.5, 0.6) is 5.75 Å². The van der Waals surface area contributed by atoms with E-state index in [2.05, 4.69) is 17.0 Å². The lowest BCUT2D eigenvalue weighted by molar-refractivity contribution is -0.133. The van der Waals surface area contributed by atoms with E-state index < -0.39 is 0 Å². The van der Waals surface area contributed by atoms with E-state index in [1.54, 1.807) is 7.11 Å². The predicted molar refractivity (Wildman–Crippen MR) is 97.7 cm³/mol. The highest BCUT2D eigenvalue weighted by Crippen LogP contribution is 2.25. The van der Waals surface area contributed by atoms with Crippen molar-refractivity contribution < 1.29 is 14.6 Å². The molecule has 0 radical (unpaired) electrons. The van der Waals surface area contributed by atoms with Gasteiger partial charge in [0.25, 0.3) is 0 Å². The molecule has 1 aromatic carbocycles. The van der Waals surface area contributed by atoms with E-state index in [1.807, 2.05) is 17.0 Å². The number of aryl methyl sites for hydroxylation is 1. The minimum Gasteiger partial charge on any atom is -0.497 e. The van der Waals surface area contributed by atoms with E-state index in [0.717, 1.165) is 64.0 Å². The third-order valence-electron chi connectivity index (χ3n) is 5.60. The summed E-state index contributed by atoms with van der Waals surface area (Å²) in [6.45, 7) is 3.38. The first-order chi connectivity index (χ1) is 12.2. The van der Waals surface area contributed by atoms with Crippen molar-refractivity contribution in [3.05, 3.63) is 29.8 Å². The van der Waals surface area contributed by atoms with Gasteiger partial charge in [-0.3, -0.25) is 9.69 Å². The molecular weight excluding hydrogens is 316 g/mol. The molecule has 0 bridgehead atoms. The number of piperazine rings is 1. The van der Waals surface area contributed by atoms with Gasteiger partial charge < -0.3 is 14.7 Å². The Morgan fingerprint density at radius 3 is 2.48 bits per heavy atom. The summed E-state index contributed by atoms with van der Waals surface area (Å²) in [5.41, 5.74) is 1.24. The Morgan fingerprint density at radius 1 is 1.16 bits per heavy atom. The van der Waals surface area contributed by atoms with E-state index in [9.17, 15) is 9.90 Å². The fraction of sp³-hybridized carbons (Fsp3) is 0.650. The highest BCUT2D eigenvalue weighted by atomic mass is 16.5. The Labute approximate surface area is 150 Å². The van der Waals surface area contributed by atoms with Gasteiger partial charge in [0.1, 0.15) is 5.75 Å². The second-order valence-corrected chi connectivity index (χ2v) is 7.18. The number of hydrogen-bond acceptors (Lipinski definition) is 4. The Hall–Kier alpha value is -1.59. The molecule has 0 aromatic heterocycles. The lowest BCUT2D eigenvalue weighted by Gasteiger charge is -2.39. The molecule has 3 rings (SSSR count). The van der Waals surface area contributed by atoms with Crippen molar-refractivity contribution in [1.29, 1.82) is 0 Å². The maximum absolute atomic E-state index is 12.4. The van der Waals surface area contributed by atoms with Gasteiger partial charge in [0.05, 0.1) is 13.2 Å². The fourth-order valence-corrected chi connectivity index (χ4v) is 4.04. The van der Waals surface area contributed by atoms with Gasteiger partial charge in [-0.2, -0.15) is 0 Å². The zero-order valence-corrected chi connectivity index (χ0v) is 15.2. The van der Waals surface area contributed by atoms with Crippen LogP contribution in [0.25, 0.3) is 0 Å². The summed E-state index contributed by atoms with van der Waals surface area (Å²) in [5.74, 6) is 1.13. The zero-order valence-electron chi connectivity index (χ0n) is 15.2. The summed E-state index contributed by atoms with van der Waals surface area (Å²) in [6, 6.07) is 8.37. The second kappa shape index (κ2) is 8.68. The number of aliphatic hydroxyl groups excluding tert-OH is 1. The van der Waals surface area contributed by atoms with Crippen molar-refractivity contribution >= 4 is 5.91 Å². The summed E-state index contributed by atoms with van der Waals surface area (Å²) in [4.78, 5) is 16.8. The third kappa shape index (κ3) is 4.73. The van der Waals surface area contributed by atoms with Crippen molar-refractivity contribution in [3.8, 4) is 5.75 Å². The van der Waals surface area contributed by atoms with Crippen LogP contribution in [0.2, 0.25) is 0 Å². The standard InChI is InChI=1S/C20H30N2O3/c1-25-17-10-8-16(9-11-17)4-2-7-20(24)22-14-12-21(13-15-22)18-5-3-6-19(18)23/h8-11,18-19,23H,2-7,12-15H2,1H3/t18-,19-/m0/s1. The zero-order chi connectivity index (χ0) is 17.6. The summed E-state index contributed by atoms with van der Waals surface area (Å²) in [5, 5.41) is 10.0. The topological polar surface area (TPSA) is 53.0 Å². The van der Waals surface area contributed by atoms with Gasteiger partial charge in [0, 0.05) is 38.6 Å².